The van der Waals surface area contributed by atoms with E-state index in [1.54, 1.807) is 6.07 Å². The summed E-state index contributed by atoms with van der Waals surface area (Å²) in [5, 5.41) is 9.57. The van der Waals surface area contributed by atoms with Gasteiger partial charge in [0.25, 0.3) is 0 Å². The van der Waals surface area contributed by atoms with E-state index < -0.39 is 0 Å². The van der Waals surface area contributed by atoms with Crippen molar-refractivity contribution in [2.45, 2.75) is 25.0 Å². The van der Waals surface area contributed by atoms with Crippen LogP contribution >= 0.6 is 0 Å². The minimum absolute atomic E-state index is 0.122. The van der Waals surface area contributed by atoms with E-state index in [2.05, 4.69) is 20.7 Å². The molecule has 7 heteroatoms. The van der Waals surface area contributed by atoms with E-state index in [0.717, 1.165) is 38.3 Å². The first-order valence-electron chi connectivity index (χ1n) is 10.7. The summed E-state index contributed by atoms with van der Waals surface area (Å²) in [5.41, 5.74) is 8.35. The van der Waals surface area contributed by atoms with Gasteiger partial charge in [-0.2, -0.15) is 0 Å². The van der Waals surface area contributed by atoms with Gasteiger partial charge in [0.1, 0.15) is 11.6 Å². The van der Waals surface area contributed by atoms with Crippen molar-refractivity contribution < 1.29 is 13.9 Å². The highest BCUT2D eigenvalue weighted by molar-refractivity contribution is 5.22. The van der Waals surface area contributed by atoms with E-state index in [-0.39, 0.29) is 30.3 Å². The van der Waals surface area contributed by atoms with E-state index in [4.69, 9.17) is 0 Å². The molecule has 30 heavy (non-hydrogen) atoms. The first-order valence-corrected chi connectivity index (χ1v) is 10.7. The summed E-state index contributed by atoms with van der Waals surface area (Å²) >= 11 is 0. The van der Waals surface area contributed by atoms with Gasteiger partial charge in [-0.1, -0.05) is 30.3 Å². The van der Waals surface area contributed by atoms with E-state index in [0.29, 0.717) is 24.4 Å². The molecule has 2 aromatic carbocycles. The Labute approximate surface area is 176 Å². The highest BCUT2D eigenvalue weighted by atomic mass is 19.1. The molecule has 0 spiro atoms. The molecule has 0 saturated carbocycles. The van der Waals surface area contributed by atoms with Crippen molar-refractivity contribution in [3.05, 3.63) is 71.3 Å². The molecular formula is C23H30F2N4O. The monoisotopic (exact) mass is 416 g/mol. The fourth-order valence-corrected chi connectivity index (χ4v) is 4.66. The molecule has 4 rings (SSSR count). The zero-order valence-electron chi connectivity index (χ0n) is 17.1. The molecule has 3 atom stereocenters. The SMILES string of the molecule is OCCC1CN(CC2CNNC2c2ccc(F)cc2)CCN1Cc1ccccc1F. The molecular weight excluding hydrogens is 386 g/mol. The molecule has 2 heterocycles. The molecule has 2 saturated heterocycles. The summed E-state index contributed by atoms with van der Waals surface area (Å²) in [7, 11) is 0. The lowest BCUT2D eigenvalue weighted by Crippen LogP contribution is -2.54. The Morgan fingerprint density at radius 1 is 1.03 bits per heavy atom. The number of hydrogen-bond donors (Lipinski definition) is 3. The molecule has 2 fully saturated rings. The van der Waals surface area contributed by atoms with Crippen LogP contribution < -0.4 is 10.9 Å². The van der Waals surface area contributed by atoms with Crippen molar-refractivity contribution in [3.8, 4) is 0 Å². The van der Waals surface area contributed by atoms with Gasteiger partial charge >= 0.3 is 0 Å². The average Bonchev–Trinajstić information content (AvgIpc) is 3.20. The standard InChI is InChI=1S/C23H30F2N4O/c24-20-7-5-17(6-8-20)23-19(13-26-27-23)14-28-10-11-29(21(16-28)9-12-30)15-18-3-1-2-4-22(18)25/h1-8,19,21,23,26-27,30H,9-16H2. The van der Waals surface area contributed by atoms with Crippen LogP contribution in [-0.4, -0.2) is 60.3 Å². The third-order valence-corrected chi connectivity index (χ3v) is 6.30. The highest BCUT2D eigenvalue weighted by Crippen LogP contribution is 2.27. The van der Waals surface area contributed by atoms with Crippen molar-refractivity contribution in [1.82, 2.24) is 20.7 Å². The van der Waals surface area contributed by atoms with Crippen LogP contribution in [0.2, 0.25) is 0 Å². The highest BCUT2D eigenvalue weighted by Gasteiger charge is 2.33. The zero-order valence-corrected chi connectivity index (χ0v) is 17.1. The van der Waals surface area contributed by atoms with Crippen molar-refractivity contribution in [3.63, 3.8) is 0 Å². The Morgan fingerprint density at radius 2 is 1.83 bits per heavy atom. The summed E-state index contributed by atoms with van der Waals surface area (Å²) < 4.78 is 27.4. The summed E-state index contributed by atoms with van der Waals surface area (Å²) in [6, 6.07) is 13.9. The molecule has 2 aromatic rings. The molecule has 0 amide bonds. The van der Waals surface area contributed by atoms with Crippen molar-refractivity contribution >= 4 is 0 Å². The Bertz CT molecular complexity index is 819. The van der Waals surface area contributed by atoms with Crippen LogP contribution in [0.25, 0.3) is 0 Å². The second-order valence-corrected chi connectivity index (χ2v) is 8.30. The normalized spacial score (nSPS) is 25.6. The van der Waals surface area contributed by atoms with Gasteiger partial charge in [0.2, 0.25) is 0 Å². The van der Waals surface area contributed by atoms with Crippen LogP contribution in [-0.2, 0) is 6.54 Å². The van der Waals surface area contributed by atoms with Crippen LogP contribution in [0.5, 0.6) is 0 Å². The lowest BCUT2D eigenvalue weighted by molar-refractivity contribution is 0.0451. The maximum absolute atomic E-state index is 14.1. The molecule has 162 valence electrons. The third-order valence-electron chi connectivity index (χ3n) is 6.30. The number of aliphatic hydroxyl groups is 1. The van der Waals surface area contributed by atoms with Crippen LogP contribution in [0, 0.1) is 17.6 Å². The van der Waals surface area contributed by atoms with Gasteiger partial charge in [-0.3, -0.25) is 10.3 Å². The zero-order chi connectivity index (χ0) is 20.9. The topological polar surface area (TPSA) is 50.8 Å². The van der Waals surface area contributed by atoms with E-state index >= 15 is 0 Å². The Hall–Kier alpha value is -1.90. The van der Waals surface area contributed by atoms with E-state index in [1.807, 2.05) is 24.3 Å². The van der Waals surface area contributed by atoms with Gasteiger partial charge in [0.15, 0.2) is 0 Å². The number of halogens is 2. The number of piperazine rings is 1. The van der Waals surface area contributed by atoms with Gasteiger partial charge in [-0.25, -0.2) is 14.2 Å². The summed E-state index contributed by atoms with van der Waals surface area (Å²) in [6.07, 6.45) is 0.674. The average molecular weight is 417 g/mol. The first-order chi connectivity index (χ1) is 14.6. The van der Waals surface area contributed by atoms with Crippen LogP contribution in [0.1, 0.15) is 23.6 Å². The fourth-order valence-electron chi connectivity index (χ4n) is 4.66. The number of hydrazine groups is 1. The molecule has 2 aliphatic heterocycles. The number of nitrogens with one attached hydrogen (secondary N) is 2. The van der Waals surface area contributed by atoms with E-state index in [9.17, 15) is 13.9 Å². The lowest BCUT2D eigenvalue weighted by atomic mass is 9.93. The molecule has 0 radical (unpaired) electrons. The van der Waals surface area contributed by atoms with Crippen molar-refractivity contribution in [1.29, 1.82) is 0 Å². The quantitative estimate of drug-likeness (QED) is 0.647. The molecule has 5 nitrogen and oxygen atoms in total. The number of rotatable bonds is 7. The van der Waals surface area contributed by atoms with Crippen LogP contribution in [0.15, 0.2) is 48.5 Å². The van der Waals surface area contributed by atoms with Crippen molar-refractivity contribution in [2.24, 2.45) is 5.92 Å². The maximum atomic E-state index is 14.1. The number of nitrogens with zero attached hydrogens (tertiary/aromatic N) is 2. The van der Waals surface area contributed by atoms with Gasteiger partial charge in [-0.15, -0.1) is 0 Å². The minimum Gasteiger partial charge on any atom is -0.396 e. The molecule has 3 unspecified atom stereocenters. The molecule has 0 aliphatic carbocycles. The molecule has 0 aromatic heterocycles. The molecule has 0 bridgehead atoms. The van der Waals surface area contributed by atoms with Crippen molar-refractivity contribution in [2.75, 3.05) is 39.3 Å². The Kier molecular flexibility index (Phi) is 7.07. The number of aliphatic hydroxyl groups excluding tert-OH is 1. The molecule has 2 aliphatic rings. The van der Waals surface area contributed by atoms with Crippen LogP contribution in [0.4, 0.5) is 8.78 Å². The minimum atomic E-state index is -0.223. The van der Waals surface area contributed by atoms with E-state index in [1.165, 1.54) is 18.2 Å². The van der Waals surface area contributed by atoms with Crippen LogP contribution in [0.3, 0.4) is 0 Å². The largest absolute Gasteiger partial charge is 0.396 e. The molecule has 3 N–H and O–H groups in total. The van der Waals surface area contributed by atoms with Gasteiger partial charge < -0.3 is 10.0 Å². The second-order valence-electron chi connectivity index (χ2n) is 8.30. The first kappa shape index (κ1) is 21.3. The maximum Gasteiger partial charge on any atom is 0.127 e. The smallest absolute Gasteiger partial charge is 0.127 e. The predicted octanol–water partition coefficient (Wildman–Crippen LogP) is 2.30. The summed E-state index contributed by atoms with van der Waals surface area (Å²) in [4.78, 5) is 4.72. The number of benzene rings is 2. The summed E-state index contributed by atoms with van der Waals surface area (Å²) in [5.74, 6) is -0.0321. The van der Waals surface area contributed by atoms with Gasteiger partial charge in [0, 0.05) is 63.4 Å². The van der Waals surface area contributed by atoms with Gasteiger partial charge in [-0.05, 0) is 30.2 Å². The lowest BCUT2D eigenvalue weighted by Gasteiger charge is -2.42. The van der Waals surface area contributed by atoms with Gasteiger partial charge in [0.05, 0.1) is 6.04 Å². The predicted molar refractivity (Wildman–Crippen MR) is 113 cm³/mol. The summed E-state index contributed by atoms with van der Waals surface area (Å²) in [6.45, 7) is 5.05. The number of hydrogen-bond acceptors (Lipinski definition) is 5. The fraction of sp³-hybridized carbons (Fsp3) is 0.478. The Balaban J connectivity index is 1.39. The third kappa shape index (κ3) is 5.04. The second kappa shape index (κ2) is 9.94. The Morgan fingerprint density at radius 3 is 2.60 bits per heavy atom.